The highest BCUT2D eigenvalue weighted by Gasteiger charge is 2.08. The van der Waals surface area contributed by atoms with Gasteiger partial charge in [0.15, 0.2) is 0 Å². The van der Waals surface area contributed by atoms with Crippen molar-refractivity contribution >= 4 is 39.2 Å². The van der Waals surface area contributed by atoms with Crippen LogP contribution in [0.4, 0.5) is 0 Å². The number of amides is 1. The zero-order chi connectivity index (χ0) is 14.2. The van der Waals surface area contributed by atoms with Crippen LogP contribution in [-0.2, 0) is 4.79 Å². The van der Waals surface area contributed by atoms with Gasteiger partial charge in [-0.25, -0.2) is 9.97 Å². The number of nitrogens with one attached hydrogen (secondary N) is 1. The minimum Gasteiger partial charge on any atom is -0.355 e. The molecule has 0 fully saturated rings. The number of thiophene rings is 1. The second-order valence-electron chi connectivity index (χ2n) is 4.51. The highest BCUT2D eigenvalue weighted by atomic mass is 32.2. The van der Waals surface area contributed by atoms with Gasteiger partial charge in [-0.2, -0.15) is 0 Å². The van der Waals surface area contributed by atoms with E-state index in [9.17, 15) is 4.79 Å². The molecule has 2 heterocycles. The van der Waals surface area contributed by atoms with Crippen LogP contribution in [0.15, 0.2) is 22.8 Å². The molecule has 0 aromatic carbocycles. The summed E-state index contributed by atoms with van der Waals surface area (Å²) in [5.74, 6) is 0.493. The van der Waals surface area contributed by atoms with Crippen LogP contribution in [0.25, 0.3) is 10.2 Å². The van der Waals surface area contributed by atoms with E-state index in [0.717, 1.165) is 28.2 Å². The smallest absolute Gasteiger partial charge is 0.230 e. The summed E-state index contributed by atoms with van der Waals surface area (Å²) in [5, 5.41) is 5.85. The van der Waals surface area contributed by atoms with Crippen LogP contribution in [0.5, 0.6) is 0 Å². The van der Waals surface area contributed by atoms with Gasteiger partial charge in [0.2, 0.25) is 5.91 Å². The van der Waals surface area contributed by atoms with Crippen LogP contribution in [0.1, 0.15) is 32.6 Å². The van der Waals surface area contributed by atoms with Crippen molar-refractivity contribution in [2.45, 2.75) is 37.6 Å². The first-order chi connectivity index (χ1) is 9.81. The lowest BCUT2D eigenvalue weighted by molar-refractivity contribution is -0.118. The largest absolute Gasteiger partial charge is 0.355 e. The molecule has 0 aliphatic heterocycles. The number of hydrogen-bond donors (Lipinski definition) is 1. The Bertz CT molecular complexity index is 556. The first kappa shape index (κ1) is 15.3. The summed E-state index contributed by atoms with van der Waals surface area (Å²) in [6, 6.07) is 1.97. The predicted octanol–water partition coefficient (Wildman–Crippen LogP) is 3.48. The average Bonchev–Trinajstić information content (AvgIpc) is 2.94. The van der Waals surface area contributed by atoms with E-state index in [-0.39, 0.29) is 5.91 Å². The van der Waals surface area contributed by atoms with Crippen LogP contribution in [-0.4, -0.2) is 28.2 Å². The lowest BCUT2D eigenvalue weighted by atomic mass is 10.2. The fourth-order valence-corrected chi connectivity index (χ4v) is 3.61. The van der Waals surface area contributed by atoms with E-state index >= 15 is 0 Å². The molecule has 0 saturated heterocycles. The molecule has 0 unspecified atom stereocenters. The monoisotopic (exact) mass is 309 g/mol. The molecule has 20 heavy (non-hydrogen) atoms. The Labute approximate surface area is 127 Å². The Morgan fingerprint density at radius 2 is 2.25 bits per heavy atom. The Kier molecular flexibility index (Phi) is 6.26. The van der Waals surface area contributed by atoms with Gasteiger partial charge in [-0.15, -0.1) is 11.3 Å². The molecule has 0 saturated carbocycles. The fraction of sp³-hybridized carbons (Fsp3) is 0.500. The molecule has 0 bridgehead atoms. The van der Waals surface area contributed by atoms with E-state index in [1.165, 1.54) is 31.0 Å². The second-order valence-corrected chi connectivity index (χ2v) is 6.39. The van der Waals surface area contributed by atoms with Gasteiger partial charge in [0.05, 0.1) is 16.0 Å². The summed E-state index contributed by atoms with van der Waals surface area (Å²) in [6.07, 6.45) is 6.26. The third-order valence-electron chi connectivity index (χ3n) is 2.90. The van der Waals surface area contributed by atoms with E-state index in [1.54, 1.807) is 17.7 Å². The normalized spacial score (nSPS) is 10.8. The summed E-state index contributed by atoms with van der Waals surface area (Å²) < 4.78 is 1.06. The topological polar surface area (TPSA) is 54.9 Å². The van der Waals surface area contributed by atoms with E-state index in [0.29, 0.717) is 5.75 Å². The number of thioether (sulfide) groups is 1. The minimum absolute atomic E-state index is 0.0785. The van der Waals surface area contributed by atoms with Crippen molar-refractivity contribution < 1.29 is 4.79 Å². The number of rotatable bonds is 8. The first-order valence-corrected chi connectivity index (χ1v) is 8.75. The van der Waals surface area contributed by atoms with E-state index in [1.807, 2.05) is 11.4 Å². The number of carbonyl (C=O) groups is 1. The van der Waals surface area contributed by atoms with E-state index in [2.05, 4.69) is 22.2 Å². The van der Waals surface area contributed by atoms with Crippen LogP contribution < -0.4 is 5.32 Å². The number of nitrogens with zero attached hydrogens (tertiary/aromatic N) is 2. The molecular weight excluding hydrogens is 290 g/mol. The van der Waals surface area contributed by atoms with Crippen molar-refractivity contribution in [2.24, 2.45) is 0 Å². The highest BCUT2D eigenvalue weighted by Crippen LogP contribution is 2.28. The Morgan fingerprint density at radius 3 is 3.10 bits per heavy atom. The van der Waals surface area contributed by atoms with E-state index < -0.39 is 0 Å². The van der Waals surface area contributed by atoms with Crippen molar-refractivity contribution in [1.29, 1.82) is 0 Å². The van der Waals surface area contributed by atoms with Gasteiger partial charge in [-0.1, -0.05) is 37.9 Å². The molecular formula is C14H19N3OS2. The summed E-state index contributed by atoms with van der Waals surface area (Å²) in [4.78, 5) is 20.2. The van der Waals surface area contributed by atoms with Gasteiger partial charge < -0.3 is 5.32 Å². The van der Waals surface area contributed by atoms with Gasteiger partial charge in [-0.3, -0.25) is 4.79 Å². The maximum atomic E-state index is 11.8. The zero-order valence-corrected chi connectivity index (χ0v) is 13.2. The molecule has 6 heteroatoms. The third kappa shape index (κ3) is 4.45. The summed E-state index contributed by atoms with van der Waals surface area (Å²) >= 11 is 3.09. The third-order valence-corrected chi connectivity index (χ3v) is 4.93. The van der Waals surface area contributed by atoms with Gasteiger partial charge >= 0.3 is 0 Å². The molecule has 0 aliphatic carbocycles. The maximum Gasteiger partial charge on any atom is 0.230 e. The van der Waals surface area contributed by atoms with Crippen molar-refractivity contribution in [3.05, 3.63) is 17.8 Å². The van der Waals surface area contributed by atoms with Gasteiger partial charge in [-0.05, 0) is 17.9 Å². The number of fused-ring (bicyclic) bond motifs is 1. The van der Waals surface area contributed by atoms with Gasteiger partial charge in [0, 0.05) is 6.54 Å². The molecule has 4 nitrogen and oxygen atoms in total. The van der Waals surface area contributed by atoms with Crippen molar-refractivity contribution in [3.63, 3.8) is 0 Å². The average molecular weight is 309 g/mol. The molecule has 0 spiro atoms. The summed E-state index contributed by atoms with van der Waals surface area (Å²) in [5.41, 5.74) is 0.951. The van der Waals surface area contributed by atoms with Crippen molar-refractivity contribution in [2.75, 3.05) is 12.3 Å². The standard InChI is InChI=1S/C14H19N3OS2/c1-2-3-4-5-7-15-12(18)9-20-14-13-11(6-8-19-13)16-10-17-14/h6,8,10H,2-5,7,9H2,1H3,(H,15,18). The molecule has 1 N–H and O–H groups in total. The van der Waals surface area contributed by atoms with E-state index in [4.69, 9.17) is 0 Å². The predicted molar refractivity (Wildman–Crippen MR) is 85.3 cm³/mol. The molecule has 2 rings (SSSR count). The van der Waals surface area contributed by atoms with Gasteiger partial charge in [0.25, 0.3) is 0 Å². The number of unbranched alkanes of at least 4 members (excludes halogenated alkanes) is 3. The zero-order valence-electron chi connectivity index (χ0n) is 11.6. The van der Waals surface area contributed by atoms with Crippen LogP contribution in [0, 0.1) is 0 Å². The molecule has 0 radical (unpaired) electrons. The summed E-state index contributed by atoms with van der Waals surface area (Å²) in [6.45, 7) is 2.96. The fourth-order valence-electron chi connectivity index (χ4n) is 1.83. The Morgan fingerprint density at radius 1 is 1.35 bits per heavy atom. The molecule has 2 aromatic heterocycles. The molecule has 108 valence electrons. The first-order valence-electron chi connectivity index (χ1n) is 6.89. The SMILES string of the molecule is CCCCCCNC(=O)CSc1ncnc2ccsc12. The number of hydrogen-bond acceptors (Lipinski definition) is 5. The number of aromatic nitrogens is 2. The number of carbonyl (C=O) groups excluding carboxylic acids is 1. The molecule has 2 aromatic rings. The van der Waals surface area contributed by atoms with Gasteiger partial charge in [0.1, 0.15) is 11.4 Å². The highest BCUT2D eigenvalue weighted by molar-refractivity contribution is 8.00. The van der Waals surface area contributed by atoms with Crippen molar-refractivity contribution in [1.82, 2.24) is 15.3 Å². The summed E-state index contributed by atoms with van der Waals surface area (Å²) in [7, 11) is 0. The maximum absolute atomic E-state index is 11.8. The Balaban J connectivity index is 1.74. The van der Waals surface area contributed by atoms with Crippen molar-refractivity contribution in [3.8, 4) is 0 Å². The Hall–Kier alpha value is -1.14. The quantitative estimate of drug-likeness (QED) is 0.461. The molecule has 1 amide bonds. The lowest BCUT2D eigenvalue weighted by Gasteiger charge is -2.05. The van der Waals surface area contributed by atoms with Crippen LogP contribution in [0.3, 0.4) is 0 Å². The minimum atomic E-state index is 0.0785. The lowest BCUT2D eigenvalue weighted by Crippen LogP contribution is -2.26. The molecule has 0 aliphatic rings. The second kappa shape index (κ2) is 8.21. The molecule has 0 atom stereocenters. The van der Waals surface area contributed by atoms with Crippen LogP contribution >= 0.6 is 23.1 Å². The van der Waals surface area contributed by atoms with Crippen LogP contribution in [0.2, 0.25) is 0 Å².